The number of nitrogens with zero attached hydrogens (tertiary/aromatic N) is 1. The lowest BCUT2D eigenvalue weighted by molar-refractivity contribution is 0.456. The third-order valence-electron chi connectivity index (χ3n) is 3.15. The molecule has 1 aliphatic rings. The number of piperidine rings is 1. The summed E-state index contributed by atoms with van der Waals surface area (Å²) in [5.41, 5.74) is 2.34. The Morgan fingerprint density at radius 3 is 3.06 bits per heavy atom. The first-order valence-corrected chi connectivity index (χ1v) is 5.58. The first kappa shape index (κ1) is 11.6. The largest absolute Gasteiger partial charge is 0.343 e. The molecular weight excluding hydrogens is 266 g/mol. The number of H-pyrrole nitrogens is 1. The normalized spacial score (nSPS) is 20.6. The van der Waals surface area contributed by atoms with E-state index in [1.165, 1.54) is 23.9 Å². The maximum absolute atomic E-state index is 4.32. The molecule has 0 spiro atoms. The number of aromatic nitrogens is 2. The fourth-order valence-corrected chi connectivity index (χ4v) is 2.32. The molecule has 3 rings (SSSR count). The predicted molar refractivity (Wildman–Crippen MR) is 71.3 cm³/mol. The number of aromatic amines is 1. The molecule has 1 fully saturated rings. The van der Waals surface area contributed by atoms with Gasteiger partial charge in [0.2, 0.25) is 0 Å². The Hall–Kier alpha value is -0.870. The van der Waals surface area contributed by atoms with Gasteiger partial charge in [-0.05, 0) is 37.6 Å². The van der Waals surface area contributed by atoms with Crippen LogP contribution in [-0.2, 0) is 0 Å². The lowest BCUT2D eigenvalue weighted by Gasteiger charge is -2.21. The minimum Gasteiger partial charge on any atom is -0.343 e. The lowest BCUT2D eigenvalue weighted by atomic mass is 9.96. The summed E-state index contributed by atoms with van der Waals surface area (Å²) in [5, 5.41) is 4.66. The van der Waals surface area contributed by atoms with Gasteiger partial charge < -0.3 is 10.3 Å². The lowest BCUT2D eigenvalue weighted by Crippen LogP contribution is -2.28. The Bertz CT molecular complexity index is 427. The van der Waals surface area contributed by atoms with Gasteiger partial charge in [-0.25, -0.2) is 4.98 Å². The van der Waals surface area contributed by atoms with Gasteiger partial charge in [0.05, 0.1) is 0 Å². The summed E-state index contributed by atoms with van der Waals surface area (Å²) in [6.07, 6.45) is 4.38. The molecule has 3 nitrogen and oxygen atoms in total. The van der Waals surface area contributed by atoms with E-state index in [1.54, 1.807) is 0 Å². The van der Waals surface area contributed by atoms with Crippen LogP contribution in [0.2, 0.25) is 0 Å². The second kappa shape index (κ2) is 4.97. The predicted octanol–water partition coefficient (Wildman–Crippen LogP) is 2.61. The second-order valence-electron chi connectivity index (χ2n) is 4.21. The zero-order valence-electron chi connectivity index (χ0n) is 9.07. The fourth-order valence-electron chi connectivity index (χ4n) is 2.32. The molecule has 1 atom stereocenters. The fraction of sp³-hybridized carbons (Fsp3) is 0.417. The van der Waals surface area contributed by atoms with E-state index in [-0.39, 0.29) is 17.0 Å². The molecule has 1 unspecified atom stereocenters. The van der Waals surface area contributed by atoms with E-state index in [9.17, 15) is 0 Å². The first-order valence-electron chi connectivity index (χ1n) is 5.58. The van der Waals surface area contributed by atoms with Crippen LogP contribution in [0.1, 0.15) is 24.5 Å². The number of hydrogen-bond donors (Lipinski definition) is 2. The standard InChI is InChI=1S/C12H15N3.BrH/c1-4-10(8-13-5-1)11-7-9-3-2-6-14-12(9)15-11;/h2-3,6-7,10,13H,1,4-5,8H2,(H,14,15);1H. The molecule has 3 heterocycles. The highest BCUT2D eigenvalue weighted by atomic mass is 79.9. The molecule has 0 bridgehead atoms. The maximum Gasteiger partial charge on any atom is 0.137 e. The molecule has 2 N–H and O–H groups in total. The molecule has 0 aromatic carbocycles. The summed E-state index contributed by atoms with van der Waals surface area (Å²) < 4.78 is 0. The quantitative estimate of drug-likeness (QED) is 0.844. The zero-order chi connectivity index (χ0) is 10.1. The Labute approximate surface area is 105 Å². The zero-order valence-corrected chi connectivity index (χ0v) is 10.8. The molecule has 1 aliphatic heterocycles. The topological polar surface area (TPSA) is 40.7 Å². The summed E-state index contributed by atoms with van der Waals surface area (Å²) in [7, 11) is 0. The van der Waals surface area contributed by atoms with Gasteiger partial charge in [-0.15, -0.1) is 17.0 Å². The molecule has 2 aromatic rings. The van der Waals surface area contributed by atoms with E-state index in [0.29, 0.717) is 5.92 Å². The van der Waals surface area contributed by atoms with Crippen LogP contribution in [0.25, 0.3) is 11.0 Å². The van der Waals surface area contributed by atoms with Gasteiger partial charge in [0.25, 0.3) is 0 Å². The van der Waals surface area contributed by atoms with Crippen molar-refractivity contribution in [3.05, 3.63) is 30.1 Å². The number of fused-ring (bicyclic) bond motifs is 1. The van der Waals surface area contributed by atoms with Gasteiger partial charge in [-0.2, -0.15) is 0 Å². The van der Waals surface area contributed by atoms with Gasteiger partial charge in [-0.3, -0.25) is 0 Å². The van der Waals surface area contributed by atoms with Gasteiger partial charge in [-0.1, -0.05) is 0 Å². The van der Waals surface area contributed by atoms with Crippen LogP contribution in [0.5, 0.6) is 0 Å². The highest BCUT2D eigenvalue weighted by Gasteiger charge is 2.16. The summed E-state index contributed by atoms with van der Waals surface area (Å²) in [6, 6.07) is 6.33. The molecule has 0 saturated carbocycles. The number of pyridine rings is 1. The molecule has 16 heavy (non-hydrogen) atoms. The van der Waals surface area contributed by atoms with Crippen molar-refractivity contribution in [2.75, 3.05) is 13.1 Å². The molecule has 0 radical (unpaired) electrons. The van der Waals surface area contributed by atoms with E-state index in [1.807, 2.05) is 12.3 Å². The molecule has 1 saturated heterocycles. The Balaban J connectivity index is 0.000000963. The van der Waals surface area contributed by atoms with Crippen LogP contribution in [0, 0.1) is 0 Å². The monoisotopic (exact) mass is 281 g/mol. The maximum atomic E-state index is 4.32. The average Bonchev–Trinajstić information content (AvgIpc) is 2.74. The van der Waals surface area contributed by atoms with Gasteiger partial charge in [0.15, 0.2) is 0 Å². The molecule has 0 amide bonds. The van der Waals surface area contributed by atoms with Crippen molar-refractivity contribution in [3.8, 4) is 0 Å². The van der Waals surface area contributed by atoms with Crippen molar-refractivity contribution in [1.29, 1.82) is 0 Å². The summed E-state index contributed by atoms with van der Waals surface area (Å²) in [6.45, 7) is 2.25. The smallest absolute Gasteiger partial charge is 0.137 e. The average molecular weight is 282 g/mol. The Kier molecular flexibility index (Phi) is 3.61. The summed E-state index contributed by atoms with van der Waals surface area (Å²) >= 11 is 0. The summed E-state index contributed by atoms with van der Waals surface area (Å²) in [4.78, 5) is 7.73. The highest BCUT2D eigenvalue weighted by molar-refractivity contribution is 8.93. The van der Waals surface area contributed by atoms with Crippen LogP contribution in [0.4, 0.5) is 0 Å². The SMILES string of the molecule is Br.c1cnc2[nH]c(C3CCCNC3)cc2c1. The third kappa shape index (κ3) is 2.13. The van der Waals surface area contributed by atoms with Crippen molar-refractivity contribution in [1.82, 2.24) is 15.3 Å². The molecule has 4 heteroatoms. The van der Waals surface area contributed by atoms with Crippen molar-refractivity contribution >= 4 is 28.0 Å². The molecular formula is C12H16BrN3. The van der Waals surface area contributed by atoms with E-state index >= 15 is 0 Å². The van der Waals surface area contributed by atoms with Crippen LogP contribution >= 0.6 is 17.0 Å². The number of nitrogens with one attached hydrogen (secondary N) is 2. The van der Waals surface area contributed by atoms with E-state index in [0.717, 1.165) is 18.7 Å². The van der Waals surface area contributed by atoms with Gasteiger partial charge in [0.1, 0.15) is 5.65 Å². The van der Waals surface area contributed by atoms with Crippen LogP contribution in [0.3, 0.4) is 0 Å². The van der Waals surface area contributed by atoms with E-state index < -0.39 is 0 Å². The Morgan fingerprint density at radius 1 is 1.38 bits per heavy atom. The summed E-state index contributed by atoms with van der Waals surface area (Å²) in [5.74, 6) is 0.632. The Morgan fingerprint density at radius 2 is 2.31 bits per heavy atom. The van der Waals surface area contributed by atoms with Crippen molar-refractivity contribution in [2.24, 2.45) is 0 Å². The first-order chi connectivity index (χ1) is 7.43. The van der Waals surface area contributed by atoms with E-state index in [4.69, 9.17) is 0 Å². The van der Waals surface area contributed by atoms with Gasteiger partial charge in [0, 0.05) is 29.7 Å². The van der Waals surface area contributed by atoms with Crippen LogP contribution in [-0.4, -0.2) is 23.1 Å². The van der Waals surface area contributed by atoms with Crippen LogP contribution in [0.15, 0.2) is 24.4 Å². The number of rotatable bonds is 1. The van der Waals surface area contributed by atoms with Crippen LogP contribution < -0.4 is 5.32 Å². The molecule has 2 aromatic heterocycles. The van der Waals surface area contributed by atoms with Crippen molar-refractivity contribution in [3.63, 3.8) is 0 Å². The number of hydrogen-bond acceptors (Lipinski definition) is 2. The van der Waals surface area contributed by atoms with E-state index in [2.05, 4.69) is 27.4 Å². The molecule has 0 aliphatic carbocycles. The minimum absolute atomic E-state index is 0. The van der Waals surface area contributed by atoms with Gasteiger partial charge >= 0.3 is 0 Å². The third-order valence-corrected chi connectivity index (χ3v) is 3.15. The number of halogens is 1. The van der Waals surface area contributed by atoms with Crippen molar-refractivity contribution in [2.45, 2.75) is 18.8 Å². The second-order valence-corrected chi connectivity index (χ2v) is 4.21. The minimum atomic E-state index is 0. The van der Waals surface area contributed by atoms with Crippen molar-refractivity contribution < 1.29 is 0 Å². The highest BCUT2D eigenvalue weighted by Crippen LogP contribution is 2.25. The molecule has 86 valence electrons.